The van der Waals surface area contributed by atoms with Gasteiger partial charge < -0.3 is 10.5 Å². The molecule has 0 aliphatic rings. The second kappa shape index (κ2) is 6.90. The van der Waals surface area contributed by atoms with Gasteiger partial charge in [0.2, 0.25) is 0 Å². The summed E-state index contributed by atoms with van der Waals surface area (Å²) in [7, 11) is 0. The summed E-state index contributed by atoms with van der Waals surface area (Å²) >= 11 is 0. The molecule has 100 valence electrons. The number of hydrogen-bond acceptors (Lipinski definition) is 3. The third-order valence-corrected chi connectivity index (χ3v) is 3.10. The number of benzene rings is 1. The molecule has 0 aliphatic carbocycles. The predicted molar refractivity (Wildman–Crippen MR) is 77.1 cm³/mol. The molecular formula is C16H20N2O. The van der Waals surface area contributed by atoms with Crippen LogP contribution in [-0.2, 0) is 6.42 Å². The highest BCUT2D eigenvalue weighted by atomic mass is 16.5. The molecule has 1 atom stereocenters. The summed E-state index contributed by atoms with van der Waals surface area (Å²) in [5.41, 5.74) is 8.20. The van der Waals surface area contributed by atoms with Crippen molar-refractivity contribution in [2.24, 2.45) is 5.73 Å². The summed E-state index contributed by atoms with van der Waals surface area (Å²) < 4.78 is 5.84. The fraction of sp³-hybridized carbons (Fsp3) is 0.312. The van der Waals surface area contributed by atoms with Crippen molar-refractivity contribution in [1.82, 2.24) is 4.98 Å². The standard InChI is InChI=1S/C16H20N2O/c1-2-15(17)14-8-3-4-9-16(14)19-12-10-13-7-5-6-11-18-13/h3-9,11,15H,2,10,12,17H2,1H3/t15-/m0/s1. The Morgan fingerprint density at radius 3 is 2.68 bits per heavy atom. The summed E-state index contributed by atoms with van der Waals surface area (Å²) in [6.07, 6.45) is 3.51. The molecule has 0 saturated heterocycles. The quantitative estimate of drug-likeness (QED) is 0.864. The molecule has 0 spiro atoms. The van der Waals surface area contributed by atoms with Crippen LogP contribution in [0.1, 0.15) is 30.6 Å². The largest absolute Gasteiger partial charge is 0.493 e. The molecule has 3 nitrogen and oxygen atoms in total. The summed E-state index contributed by atoms with van der Waals surface area (Å²) in [6.45, 7) is 2.69. The highest BCUT2D eigenvalue weighted by Crippen LogP contribution is 2.25. The van der Waals surface area contributed by atoms with E-state index in [1.54, 1.807) is 6.20 Å². The lowest BCUT2D eigenvalue weighted by molar-refractivity contribution is 0.315. The van der Waals surface area contributed by atoms with Crippen LogP contribution in [-0.4, -0.2) is 11.6 Å². The van der Waals surface area contributed by atoms with E-state index < -0.39 is 0 Å². The summed E-state index contributed by atoms with van der Waals surface area (Å²) in [6, 6.07) is 13.9. The van der Waals surface area contributed by atoms with Gasteiger partial charge in [0.05, 0.1) is 6.61 Å². The lowest BCUT2D eigenvalue weighted by Crippen LogP contribution is -2.12. The zero-order valence-electron chi connectivity index (χ0n) is 11.3. The zero-order chi connectivity index (χ0) is 13.5. The van der Waals surface area contributed by atoms with E-state index in [1.165, 1.54) is 0 Å². The van der Waals surface area contributed by atoms with Crippen LogP contribution in [0.2, 0.25) is 0 Å². The summed E-state index contributed by atoms with van der Waals surface area (Å²) in [5, 5.41) is 0. The van der Waals surface area contributed by atoms with Crippen LogP contribution in [0.25, 0.3) is 0 Å². The number of pyridine rings is 1. The minimum atomic E-state index is 0.0334. The molecule has 0 amide bonds. The lowest BCUT2D eigenvalue weighted by Gasteiger charge is -2.15. The van der Waals surface area contributed by atoms with E-state index >= 15 is 0 Å². The van der Waals surface area contributed by atoms with Crippen LogP contribution < -0.4 is 10.5 Å². The van der Waals surface area contributed by atoms with Crippen molar-refractivity contribution in [1.29, 1.82) is 0 Å². The molecule has 1 aromatic heterocycles. The topological polar surface area (TPSA) is 48.1 Å². The molecule has 19 heavy (non-hydrogen) atoms. The van der Waals surface area contributed by atoms with E-state index in [0.717, 1.165) is 29.8 Å². The number of aromatic nitrogens is 1. The highest BCUT2D eigenvalue weighted by molar-refractivity contribution is 5.35. The van der Waals surface area contributed by atoms with Crippen molar-refractivity contribution in [3.63, 3.8) is 0 Å². The number of para-hydroxylation sites is 1. The van der Waals surface area contributed by atoms with Crippen molar-refractivity contribution in [2.45, 2.75) is 25.8 Å². The van der Waals surface area contributed by atoms with Gasteiger partial charge in [-0.05, 0) is 24.6 Å². The number of ether oxygens (including phenoxy) is 1. The Hall–Kier alpha value is -1.87. The average Bonchev–Trinajstić information content (AvgIpc) is 2.48. The molecule has 1 heterocycles. The number of hydrogen-bond donors (Lipinski definition) is 1. The Bertz CT molecular complexity index is 499. The lowest BCUT2D eigenvalue weighted by atomic mass is 10.0. The van der Waals surface area contributed by atoms with Gasteiger partial charge in [-0.25, -0.2) is 0 Å². The Labute approximate surface area is 114 Å². The van der Waals surface area contributed by atoms with Crippen molar-refractivity contribution in [3.05, 3.63) is 59.9 Å². The van der Waals surface area contributed by atoms with Gasteiger partial charge in [-0.1, -0.05) is 31.2 Å². The van der Waals surface area contributed by atoms with E-state index in [1.807, 2.05) is 42.5 Å². The predicted octanol–water partition coefficient (Wildman–Crippen LogP) is 3.11. The smallest absolute Gasteiger partial charge is 0.124 e. The van der Waals surface area contributed by atoms with E-state index in [9.17, 15) is 0 Å². The molecule has 0 fully saturated rings. The van der Waals surface area contributed by atoms with Crippen LogP contribution in [0.5, 0.6) is 5.75 Å². The molecule has 2 rings (SSSR count). The van der Waals surface area contributed by atoms with Crippen LogP contribution in [0, 0.1) is 0 Å². The fourth-order valence-electron chi connectivity index (χ4n) is 1.95. The molecule has 3 heteroatoms. The normalized spacial score (nSPS) is 12.1. The second-order valence-electron chi connectivity index (χ2n) is 4.47. The zero-order valence-corrected chi connectivity index (χ0v) is 11.3. The molecule has 0 bridgehead atoms. The molecule has 0 radical (unpaired) electrons. The van der Waals surface area contributed by atoms with E-state index in [4.69, 9.17) is 10.5 Å². The number of rotatable bonds is 6. The van der Waals surface area contributed by atoms with Gasteiger partial charge >= 0.3 is 0 Å². The molecule has 1 aromatic carbocycles. The summed E-state index contributed by atoms with van der Waals surface area (Å²) in [4.78, 5) is 4.28. The number of nitrogens with zero attached hydrogens (tertiary/aromatic N) is 1. The Morgan fingerprint density at radius 1 is 1.16 bits per heavy atom. The third-order valence-electron chi connectivity index (χ3n) is 3.10. The maximum Gasteiger partial charge on any atom is 0.124 e. The van der Waals surface area contributed by atoms with Crippen LogP contribution in [0.3, 0.4) is 0 Å². The first-order valence-electron chi connectivity index (χ1n) is 6.68. The third kappa shape index (κ3) is 3.80. The Kier molecular flexibility index (Phi) is 4.93. The van der Waals surface area contributed by atoms with Crippen LogP contribution >= 0.6 is 0 Å². The van der Waals surface area contributed by atoms with Crippen LogP contribution in [0.15, 0.2) is 48.7 Å². The van der Waals surface area contributed by atoms with Crippen molar-refractivity contribution in [3.8, 4) is 5.75 Å². The average molecular weight is 256 g/mol. The first-order valence-corrected chi connectivity index (χ1v) is 6.68. The first kappa shape index (κ1) is 13.6. The maximum absolute atomic E-state index is 6.09. The fourth-order valence-corrected chi connectivity index (χ4v) is 1.95. The monoisotopic (exact) mass is 256 g/mol. The molecule has 0 aliphatic heterocycles. The van der Waals surface area contributed by atoms with E-state index in [2.05, 4.69) is 11.9 Å². The Balaban J connectivity index is 1.96. The van der Waals surface area contributed by atoms with Gasteiger partial charge in [0.1, 0.15) is 5.75 Å². The SMILES string of the molecule is CC[C@H](N)c1ccccc1OCCc1ccccn1. The molecular weight excluding hydrogens is 236 g/mol. The van der Waals surface area contributed by atoms with Crippen molar-refractivity contribution >= 4 is 0 Å². The minimum Gasteiger partial charge on any atom is -0.493 e. The van der Waals surface area contributed by atoms with Gasteiger partial charge in [-0.15, -0.1) is 0 Å². The first-order chi connectivity index (χ1) is 9.31. The van der Waals surface area contributed by atoms with Gasteiger partial charge in [-0.3, -0.25) is 4.98 Å². The minimum absolute atomic E-state index is 0.0334. The van der Waals surface area contributed by atoms with Gasteiger partial charge in [0, 0.05) is 29.9 Å². The second-order valence-corrected chi connectivity index (χ2v) is 4.47. The van der Waals surface area contributed by atoms with Crippen molar-refractivity contribution < 1.29 is 4.74 Å². The van der Waals surface area contributed by atoms with E-state index in [-0.39, 0.29) is 6.04 Å². The van der Waals surface area contributed by atoms with Crippen molar-refractivity contribution in [2.75, 3.05) is 6.61 Å². The van der Waals surface area contributed by atoms with Gasteiger partial charge in [0.15, 0.2) is 0 Å². The van der Waals surface area contributed by atoms with E-state index in [0.29, 0.717) is 6.61 Å². The molecule has 0 saturated carbocycles. The Morgan fingerprint density at radius 2 is 1.95 bits per heavy atom. The number of nitrogens with two attached hydrogens (primary N) is 1. The molecule has 2 N–H and O–H groups in total. The molecule has 0 unspecified atom stereocenters. The summed E-state index contributed by atoms with van der Waals surface area (Å²) in [5.74, 6) is 0.882. The molecule has 2 aromatic rings. The van der Waals surface area contributed by atoms with Gasteiger partial charge in [0.25, 0.3) is 0 Å². The van der Waals surface area contributed by atoms with Crippen LogP contribution in [0.4, 0.5) is 0 Å². The highest BCUT2D eigenvalue weighted by Gasteiger charge is 2.09. The maximum atomic E-state index is 6.09. The van der Waals surface area contributed by atoms with Gasteiger partial charge in [-0.2, -0.15) is 0 Å².